The molecule has 0 aliphatic carbocycles. The molecule has 110 valence electrons. The van der Waals surface area contributed by atoms with Gasteiger partial charge in [-0.25, -0.2) is 9.97 Å². The van der Waals surface area contributed by atoms with Crippen molar-refractivity contribution in [2.75, 3.05) is 18.2 Å². The van der Waals surface area contributed by atoms with E-state index in [1.54, 1.807) is 30.5 Å². The minimum absolute atomic E-state index is 0.137. The lowest BCUT2D eigenvalue weighted by molar-refractivity contribution is -0.115. The summed E-state index contributed by atoms with van der Waals surface area (Å²) in [5.41, 5.74) is 6.85. The van der Waals surface area contributed by atoms with Gasteiger partial charge in [0, 0.05) is 18.0 Å². The molecule has 0 fully saturated rings. The standard InChI is InChI=1S/C14H16N4O2S/c1-9(21-13-5-6-16-8-17-13)14(19)18-11-4-3-10(15)7-12(11)20-2/h3-9H,15H2,1-2H3,(H,18,19). The summed E-state index contributed by atoms with van der Waals surface area (Å²) in [5.74, 6) is 0.393. The number of benzene rings is 1. The maximum absolute atomic E-state index is 12.2. The van der Waals surface area contributed by atoms with Crippen molar-refractivity contribution in [1.29, 1.82) is 0 Å². The molecule has 0 spiro atoms. The van der Waals surface area contributed by atoms with Crippen LogP contribution in [0.15, 0.2) is 41.8 Å². The smallest absolute Gasteiger partial charge is 0.237 e. The van der Waals surface area contributed by atoms with Gasteiger partial charge in [-0.05, 0) is 25.1 Å². The number of nitrogens with one attached hydrogen (secondary N) is 1. The third-order valence-corrected chi connectivity index (χ3v) is 3.76. The third kappa shape index (κ3) is 4.09. The second kappa shape index (κ2) is 6.94. The Bertz CT molecular complexity index is 622. The number of hydrogen-bond acceptors (Lipinski definition) is 6. The number of amides is 1. The molecule has 0 saturated carbocycles. The average molecular weight is 304 g/mol. The summed E-state index contributed by atoms with van der Waals surface area (Å²) < 4.78 is 5.20. The van der Waals surface area contributed by atoms with Crippen molar-refractivity contribution >= 4 is 29.0 Å². The van der Waals surface area contributed by atoms with Crippen LogP contribution < -0.4 is 15.8 Å². The van der Waals surface area contributed by atoms with Crippen LogP contribution in [0.25, 0.3) is 0 Å². The Hall–Kier alpha value is -2.28. The van der Waals surface area contributed by atoms with Crippen LogP contribution in [0.1, 0.15) is 6.92 Å². The summed E-state index contributed by atoms with van der Waals surface area (Å²) in [5, 5.41) is 3.27. The molecule has 1 amide bonds. The number of ether oxygens (including phenoxy) is 1. The number of nitrogens with two attached hydrogens (primary N) is 1. The van der Waals surface area contributed by atoms with Gasteiger partial charge in [0.15, 0.2) is 0 Å². The first-order valence-electron chi connectivity index (χ1n) is 6.27. The monoisotopic (exact) mass is 304 g/mol. The number of nitrogens with zero attached hydrogens (tertiary/aromatic N) is 2. The highest BCUT2D eigenvalue weighted by Gasteiger charge is 2.16. The molecule has 1 aromatic heterocycles. The number of thioether (sulfide) groups is 1. The van der Waals surface area contributed by atoms with Crippen molar-refractivity contribution in [3.63, 3.8) is 0 Å². The molecule has 2 aromatic rings. The Balaban J connectivity index is 2.04. The van der Waals surface area contributed by atoms with Gasteiger partial charge in [0.05, 0.1) is 18.0 Å². The molecule has 0 bridgehead atoms. The maximum atomic E-state index is 12.2. The van der Waals surface area contributed by atoms with Crippen LogP contribution in [0.5, 0.6) is 5.75 Å². The molecular weight excluding hydrogens is 288 g/mol. The lowest BCUT2D eigenvalue weighted by atomic mass is 10.2. The van der Waals surface area contributed by atoms with Gasteiger partial charge in [0.25, 0.3) is 0 Å². The molecule has 1 aromatic carbocycles. The van der Waals surface area contributed by atoms with Crippen molar-refractivity contribution in [2.24, 2.45) is 0 Å². The number of aromatic nitrogens is 2. The van der Waals surface area contributed by atoms with Crippen LogP contribution in [0.2, 0.25) is 0 Å². The van der Waals surface area contributed by atoms with Crippen molar-refractivity contribution in [2.45, 2.75) is 17.2 Å². The molecular formula is C14H16N4O2S. The number of carbonyl (C=O) groups is 1. The third-order valence-electron chi connectivity index (χ3n) is 2.71. The van der Waals surface area contributed by atoms with Gasteiger partial charge in [-0.2, -0.15) is 0 Å². The van der Waals surface area contributed by atoms with Crippen LogP contribution in [0.3, 0.4) is 0 Å². The summed E-state index contributed by atoms with van der Waals surface area (Å²) in [6.45, 7) is 1.81. The maximum Gasteiger partial charge on any atom is 0.237 e. The Morgan fingerprint density at radius 2 is 2.24 bits per heavy atom. The molecule has 0 aliphatic heterocycles. The fourth-order valence-corrected chi connectivity index (χ4v) is 2.40. The fraction of sp³-hybridized carbons (Fsp3) is 0.214. The number of nitrogen functional groups attached to an aromatic ring is 1. The first-order chi connectivity index (χ1) is 10.1. The quantitative estimate of drug-likeness (QED) is 0.500. The van der Waals surface area contributed by atoms with Gasteiger partial charge in [-0.1, -0.05) is 11.8 Å². The molecule has 6 nitrogen and oxygen atoms in total. The minimum atomic E-state index is -0.304. The molecule has 1 heterocycles. The fourth-order valence-electron chi connectivity index (χ4n) is 1.63. The summed E-state index contributed by atoms with van der Waals surface area (Å²) in [6.07, 6.45) is 3.10. The summed E-state index contributed by atoms with van der Waals surface area (Å²) in [7, 11) is 1.53. The van der Waals surface area contributed by atoms with E-state index in [9.17, 15) is 4.79 Å². The normalized spacial score (nSPS) is 11.7. The zero-order valence-corrected chi connectivity index (χ0v) is 12.6. The largest absolute Gasteiger partial charge is 0.494 e. The summed E-state index contributed by atoms with van der Waals surface area (Å²) in [6, 6.07) is 6.85. The molecule has 1 atom stereocenters. The highest BCUT2D eigenvalue weighted by Crippen LogP contribution is 2.28. The molecule has 0 radical (unpaired) electrons. The van der Waals surface area contributed by atoms with Gasteiger partial charge in [-0.15, -0.1) is 0 Å². The van der Waals surface area contributed by atoms with E-state index < -0.39 is 0 Å². The van der Waals surface area contributed by atoms with Crippen LogP contribution in [-0.2, 0) is 4.79 Å². The zero-order chi connectivity index (χ0) is 15.2. The van der Waals surface area contributed by atoms with Gasteiger partial charge in [0.2, 0.25) is 5.91 Å². The van der Waals surface area contributed by atoms with Crippen molar-refractivity contribution in [1.82, 2.24) is 9.97 Å². The molecule has 0 aliphatic rings. The van der Waals surface area contributed by atoms with Gasteiger partial charge in [-0.3, -0.25) is 4.79 Å². The molecule has 1 unspecified atom stereocenters. The van der Waals surface area contributed by atoms with Crippen LogP contribution in [-0.4, -0.2) is 28.2 Å². The number of methoxy groups -OCH3 is 1. The van der Waals surface area contributed by atoms with E-state index in [2.05, 4.69) is 15.3 Å². The topological polar surface area (TPSA) is 90.1 Å². The molecule has 3 N–H and O–H groups in total. The Kier molecular flexibility index (Phi) is 4.99. The van der Waals surface area contributed by atoms with Gasteiger partial charge < -0.3 is 15.8 Å². The lowest BCUT2D eigenvalue weighted by Gasteiger charge is -2.14. The zero-order valence-electron chi connectivity index (χ0n) is 11.7. The van der Waals surface area contributed by atoms with Crippen molar-refractivity contribution in [3.8, 4) is 5.75 Å². The Labute approximate surface area is 127 Å². The Morgan fingerprint density at radius 1 is 1.43 bits per heavy atom. The van der Waals surface area contributed by atoms with Crippen LogP contribution in [0.4, 0.5) is 11.4 Å². The van der Waals surface area contributed by atoms with E-state index >= 15 is 0 Å². The molecule has 7 heteroatoms. The lowest BCUT2D eigenvalue weighted by Crippen LogP contribution is -2.22. The van der Waals surface area contributed by atoms with Crippen molar-refractivity contribution < 1.29 is 9.53 Å². The first-order valence-corrected chi connectivity index (χ1v) is 7.15. The van der Waals surface area contributed by atoms with E-state index in [1.807, 2.05) is 6.92 Å². The predicted molar refractivity (Wildman–Crippen MR) is 83.4 cm³/mol. The second-order valence-corrected chi connectivity index (χ2v) is 5.62. The average Bonchev–Trinajstić information content (AvgIpc) is 2.49. The summed E-state index contributed by atoms with van der Waals surface area (Å²) >= 11 is 1.36. The van der Waals surface area contributed by atoms with Gasteiger partial charge in [0.1, 0.15) is 17.1 Å². The number of hydrogen-bond donors (Lipinski definition) is 2. The minimum Gasteiger partial charge on any atom is -0.494 e. The van der Waals surface area contributed by atoms with Crippen LogP contribution >= 0.6 is 11.8 Å². The van der Waals surface area contributed by atoms with Crippen LogP contribution in [0, 0.1) is 0 Å². The highest BCUT2D eigenvalue weighted by atomic mass is 32.2. The number of anilines is 2. The Morgan fingerprint density at radius 3 is 2.90 bits per heavy atom. The first kappa shape index (κ1) is 15.1. The number of carbonyl (C=O) groups excluding carboxylic acids is 1. The predicted octanol–water partition coefficient (Wildman–Crippen LogP) is 2.19. The van der Waals surface area contributed by atoms with E-state index in [4.69, 9.17) is 10.5 Å². The number of rotatable bonds is 5. The molecule has 0 saturated heterocycles. The van der Waals surface area contributed by atoms with E-state index in [0.717, 1.165) is 5.03 Å². The molecule has 2 rings (SSSR count). The van der Waals surface area contributed by atoms with Gasteiger partial charge >= 0.3 is 0 Å². The second-order valence-electron chi connectivity index (χ2n) is 4.26. The molecule has 21 heavy (non-hydrogen) atoms. The van der Waals surface area contributed by atoms with E-state index in [0.29, 0.717) is 17.1 Å². The highest BCUT2D eigenvalue weighted by molar-refractivity contribution is 8.00. The van der Waals surface area contributed by atoms with E-state index in [-0.39, 0.29) is 11.2 Å². The summed E-state index contributed by atoms with van der Waals surface area (Å²) in [4.78, 5) is 20.1. The SMILES string of the molecule is COc1cc(N)ccc1NC(=O)C(C)Sc1ccncn1. The van der Waals surface area contributed by atoms with E-state index in [1.165, 1.54) is 25.2 Å². The van der Waals surface area contributed by atoms with Crippen molar-refractivity contribution in [3.05, 3.63) is 36.8 Å².